The molecule has 6 nitrogen and oxygen atoms in total. The second-order valence-electron chi connectivity index (χ2n) is 5.05. The van der Waals surface area contributed by atoms with Crippen LogP contribution in [0.25, 0.3) is 0 Å². The molecule has 2 aromatic rings. The van der Waals surface area contributed by atoms with Crippen LogP contribution in [-0.4, -0.2) is 22.3 Å². The van der Waals surface area contributed by atoms with E-state index in [2.05, 4.69) is 20.8 Å². The Hall–Kier alpha value is -2.88. The number of anilines is 1. The van der Waals surface area contributed by atoms with Crippen molar-refractivity contribution >= 4 is 11.7 Å². The van der Waals surface area contributed by atoms with Gasteiger partial charge in [-0.3, -0.25) is 5.10 Å². The summed E-state index contributed by atoms with van der Waals surface area (Å²) >= 11 is 0. The molecular weight excluding hydrogens is 285 g/mol. The second-order valence-corrected chi connectivity index (χ2v) is 5.05. The Morgan fingerprint density at radius 1 is 1.50 bits per heavy atom. The number of nitrogens with one attached hydrogen (secondary N) is 3. The number of rotatable bonds is 4. The Morgan fingerprint density at radius 3 is 2.91 bits per heavy atom. The van der Waals surface area contributed by atoms with Crippen LogP contribution in [0.4, 0.5) is 14.9 Å². The molecule has 1 atom stereocenters. The lowest BCUT2D eigenvalue weighted by Gasteiger charge is -2.13. The molecule has 0 saturated heterocycles. The van der Waals surface area contributed by atoms with Crippen molar-refractivity contribution < 1.29 is 9.18 Å². The minimum absolute atomic E-state index is 0.113. The van der Waals surface area contributed by atoms with Crippen molar-refractivity contribution in [1.29, 1.82) is 5.26 Å². The molecule has 0 saturated carbocycles. The first kappa shape index (κ1) is 15.5. The zero-order chi connectivity index (χ0) is 16.1. The molecule has 0 aliphatic heterocycles. The SMILES string of the molecule is Cc1cc(C[C@H](C)NC(=O)Nc2ccc(F)c(C#N)c2)n[nH]1. The van der Waals surface area contributed by atoms with Gasteiger partial charge in [0, 0.05) is 23.8 Å². The third kappa shape index (κ3) is 4.06. The molecule has 0 unspecified atom stereocenters. The molecule has 2 rings (SSSR count). The summed E-state index contributed by atoms with van der Waals surface area (Å²) in [5.41, 5.74) is 2.07. The van der Waals surface area contributed by atoms with E-state index in [1.807, 2.05) is 19.9 Å². The Labute approximate surface area is 127 Å². The van der Waals surface area contributed by atoms with E-state index in [1.165, 1.54) is 12.1 Å². The van der Waals surface area contributed by atoms with Crippen molar-refractivity contribution in [3.8, 4) is 6.07 Å². The van der Waals surface area contributed by atoms with Crippen LogP contribution in [0.15, 0.2) is 24.3 Å². The van der Waals surface area contributed by atoms with Crippen LogP contribution in [-0.2, 0) is 6.42 Å². The fraction of sp³-hybridized carbons (Fsp3) is 0.267. The van der Waals surface area contributed by atoms with E-state index in [0.717, 1.165) is 17.5 Å². The van der Waals surface area contributed by atoms with Crippen molar-refractivity contribution in [2.75, 3.05) is 5.32 Å². The highest BCUT2D eigenvalue weighted by atomic mass is 19.1. The van der Waals surface area contributed by atoms with Crippen molar-refractivity contribution in [3.05, 3.63) is 47.0 Å². The molecule has 0 aliphatic rings. The third-order valence-corrected chi connectivity index (χ3v) is 3.00. The number of aromatic amines is 1. The summed E-state index contributed by atoms with van der Waals surface area (Å²) in [6, 6.07) is 6.92. The van der Waals surface area contributed by atoms with Crippen LogP contribution in [0, 0.1) is 24.1 Å². The number of aromatic nitrogens is 2. The highest BCUT2D eigenvalue weighted by Gasteiger charge is 2.11. The molecule has 1 heterocycles. The number of halogens is 1. The summed E-state index contributed by atoms with van der Waals surface area (Å²) in [4.78, 5) is 11.9. The highest BCUT2D eigenvalue weighted by Crippen LogP contribution is 2.13. The van der Waals surface area contributed by atoms with Gasteiger partial charge >= 0.3 is 6.03 Å². The Kier molecular flexibility index (Phi) is 4.73. The van der Waals surface area contributed by atoms with Gasteiger partial charge in [0.1, 0.15) is 11.9 Å². The molecule has 1 aromatic heterocycles. The van der Waals surface area contributed by atoms with Crippen LogP contribution in [0.1, 0.15) is 23.9 Å². The van der Waals surface area contributed by atoms with Gasteiger partial charge in [0.15, 0.2) is 0 Å². The van der Waals surface area contributed by atoms with E-state index < -0.39 is 11.8 Å². The maximum Gasteiger partial charge on any atom is 0.319 e. The zero-order valence-electron chi connectivity index (χ0n) is 12.3. The lowest BCUT2D eigenvalue weighted by molar-refractivity contribution is 0.249. The maximum atomic E-state index is 13.2. The van der Waals surface area contributed by atoms with Crippen molar-refractivity contribution in [3.63, 3.8) is 0 Å². The van der Waals surface area contributed by atoms with E-state index in [-0.39, 0.29) is 11.6 Å². The summed E-state index contributed by atoms with van der Waals surface area (Å²) in [7, 11) is 0. The summed E-state index contributed by atoms with van der Waals surface area (Å²) in [5, 5.41) is 21.0. The normalized spacial score (nSPS) is 11.5. The molecule has 1 aromatic carbocycles. The van der Waals surface area contributed by atoms with Gasteiger partial charge in [0.25, 0.3) is 0 Å². The van der Waals surface area contributed by atoms with Crippen molar-refractivity contribution in [2.45, 2.75) is 26.3 Å². The van der Waals surface area contributed by atoms with Crippen LogP contribution < -0.4 is 10.6 Å². The minimum atomic E-state index is -0.615. The monoisotopic (exact) mass is 301 g/mol. The number of amides is 2. The topological polar surface area (TPSA) is 93.6 Å². The number of hydrogen-bond donors (Lipinski definition) is 3. The molecule has 114 valence electrons. The summed E-state index contributed by atoms with van der Waals surface area (Å²) in [6.45, 7) is 3.76. The summed E-state index contributed by atoms with van der Waals surface area (Å²) in [6.07, 6.45) is 0.588. The lowest BCUT2D eigenvalue weighted by atomic mass is 10.2. The lowest BCUT2D eigenvalue weighted by Crippen LogP contribution is -2.37. The van der Waals surface area contributed by atoms with Gasteiger partial charge in [-0.15, -0.1) is 0 Å². The number of H-pyrrole nitrogens is 1. The average Bonchev–Trinajstić information content (AvgIpc) is 2.85. The van der Waals surface area contributed by atoms with Gasteiger partial charge < -0.3 is 10.6 Å². The molecule has 0 bridgehead atoms. The standard InChI is InChI=1S/C15H16FN5O/c1-9(5-13-6-10(2)20-21-13)18-15(22)19-12-3-4-14(16)11(7-12)8-17/h3-4,6-7,9H,5H2,1-2H3,(H,20,21)(H2,18,19,22)/t9-/m0/s1. The predicted molar refractivity (Wildman–Crippen MR) is 79.8 cm³/mol. The Bertz CT molecular complexity index is 719. The van der Waals surface area contributed by atoms with Gasteiger partial charge in [0.05, 0.1) is 11.3 Å². The van der Waals surface area contributed by atoms with E-state index in [4.69, 9.17) is 5.26 Å². The van der Waals surface area contributed by atoms with Crippen molar-refractivity contribution in [2.24, 2.45) is 0 Å². The van der Waals surface area contributed by atoms with Crippen molar-refractivity contribution in [1.82, 2.24) is 15.5 Å². The molecule has 3 N–H and O–H groups in total. The fourth-order valence-corrected chi connectivity index (χ4v) is 2.02. The Morgan fingerprint density at radius 2 is 2.27 bits per heavy atom. The van der Waals surface area contributed by atoms with Gasteiger partial charge in [-0.05, 0) is 38.1 Å². The first-order valence-electron chi connectivity index (χ1n) is 6.76. The highest BCUT2D eigenvalue weighted by molar-refractivity contribution is 5.89. The van der Waals surface area contributed by atoms with Crippen LogP contribution in [0.5, 0.6) is 0 Å². The predicted octanol–water partition coefficient (Wildman–Crippen LogP) is 2.48. The largest absolute Gasteiger partial charge is 0.335 e. The maximum absolute atomic E-state index is 13.2. The first-order chi connectivity index (χ1) is 10.5. The first-order valence-corrected chi connectivity index (χ1v) is 6.76. The smallest absolute Gasteiger partial charge is 0.319 e. The molecule has 0 spiro atoms. The number of urea groups is 1. The fourth-order valence-electron chi connectivity index (χ4n) is 2.02. The molecule has 0 radical (unpaired) electrons. The number of hydrogen-bond acceptors (Lipinski definition) is 3. The number of benzene rings is 1. The summed E-state index contributed by atoms with van der Waals surface area (Å²) in [5.74, 6) is -0.615. The van der Waals surface area contributed by atoms with Crippen LogP contribution in [0.3, 0.4) is 0 Å². The number of carbonyl (C=O) groups excluding carboxylic acids is 1. The van der Waals surface area contributed by atoms with Crippen LogP contribution >= 0.6 is 0 Å². The Balaban J connectivity index is 1.91. The van der Waals surface area contributed by atoms with E-state index in [0.29, 0.717) is 12.1 Å². The molecule has 0 fully saturated rings. The molecule has 22 heavy (non-hydrogen) atoms. The second kappa shape index (κ2) is 6.72. The van der Waals surface area contributed by atoms with Gasteiger partial charge in [0.2, 0.25) is 0 Å². The van der Waals surface area contributed by atoms with E-state index in [1.54, 1.807) is 6.07 Å². The number of nitriles is 1. The number of carbonyl (C=O) groups is 1. The minimum Gasteiger partial charge on any atom is -0.335 e. The average molecular weight is 301 g/mol. The van der Waals surface area contributed by atoms with E-state index >= 15 is 0 Å². The molecule has 2 amide bonds. The van der Waals surface area contributed by atoms with Gasteiger partial charge in [-0.1, -0.05) is 0 Å². The van der Waals surface area contributed by atoms with Crippen LogP contribution in [0.2, 0.25) is 0 Å². The molecular formula is C15H16FN5O. The molecule has 0 aliphatic carbocycles. The van der Waals surface area contributed by atoms with E-state index in [9.17, 15) is 9.18 Å². The third-order valence-electron chi connectivity index (χ3n) is 3.00. The number of nitrogens with zero attached hydrogens (tertiary/aromatic N) is 2. The summed E-state index contributed by atoms with van der Waals surface area (Å²) < 4.78 is 13.2. The quantitative estimate of drug-likeness (QED) is 0.809. The zero-order valence-corrected chi connectivity index (χ0v) is 12.3. The van der Waals surface area contributed by atoms with Gasteiger partial charge in [-0.2, -0.15) is 10.4 Å². The number of aryl methyl sites for hydroxylation is 1. The molecule has 7 heteroatoms. The van der Waals surface area contributed by atoms with Gasteiger partial charge in [-0.25, -0.2) is 9.18 Å².